The SMILES string of the molecule is CCCCCCOc1c(OC=O)c(=O)[nH]c2cc(NC)ccc12. The molecule has 2 rings (SSSR count). The van der Waals surface area contributed by atoms with Gasteiger partial charge in [0, 0.05) is 18.1 Å². The zero-order valence-corrected chi connectivity index (χ0v) is 13.5. The largest absolute Gasteiger partial charge is 0.489 e. The van der Waals surface area contributed by atoms with Crippen LogP contribution in [0.15, 0.2) is 23.0 Å². The van der Waals surface area contributed by atoms with Crippen molar-refractivity contribution >= 4 is 23.1 Å². The number of fused-ring (bicyclic) bond motifs is 1. The maximum Gasteiger partial charge on any atom is 0.298 e. The fraction of sp³-hybridized carbons (Fsp3) is 0.412. The molecule has 1 aromatic heterocycles. The topological polar surface area (TPSA) is 80.4 Å². The number of benzene rings is 1. The van der Waals surface area contributed by atoms with Crippen LogP contribution in [0.3, 0.4) is 0 Å². The molecular weight excluding hydrogens is 296 g/mol. The van der Waals surface area contributed by atoms with E-state index in [-0.39, 0.29) is 12.2 Å². The van der Waals surface area contributed by atoms with Gasteiger partial charge in [-0.2, -0.15) is 0 Å². The first-order chi connectivity index (χ1) is 11.2. The molecule has 6 nitrogen and oxygen atoms in total. The van der Waals surface area contributed by atoms with Gasteiger partial charge in [-0.25, -0.2) is 0 Å². The van der Waals surface area contributed by atoms with Crippen LogP contribution in [0.5, 0.6) is 11.5 Å². The molecule has 0 aliphatic rings. The van der Waals surface area contributed by atoms with Gasteiger partial charge in [0.1, 0.15) is 0 Å². The first-order valence-electron chi connectivity index (χ1n) is 7.82. The van der Waals surface area contributed by atoms with Gasteiger partial charge in [-0.3, -0.25) is 9.59 Å². The molecule has 1 heterocycles. The molecular formula is C17H22N2O4. The number of nitrogens with one attached hydrogen (secondary N) is 2. The molecule has 2 aromatic rings. The number of hydrogen-bond donors (Lipinski definition) is 2. The number of aromatic nitrogens is 1. The fourth-order valence-electron chi connectivity index (χ4n) is 2.41. The Morgan fingerprint density at radius 3 is 2.74 bits per heavy atom. The van der Waals surface area contributed by atoms with E-state index in [1.54, 1.807) is 7.05 Å². The molecule has 6 heteroatoms. The molecule has 1 aromatic carbocycles. The third-order valence-electron chi connectivity index (χ3n) is 3.62. The molecule has 0 radical (unpaired) electrons. The summed E-state index contributed by atoms with van der Waals surface area (Å²) in [7, 11) is 1.80. The highest BCUT2D eigenvalue weighted by Crippen LogP contribution is 2.32. The van der Waals surface area contributed by atoms with Gasteiger partial charge in [-0.1, -0.05) is 26.2 Å². The van der Waals surface area contributed by atoms with E-state index in [2.05, 4.69) is 17.2 Å². The second-order valence-corrected chi connectivity index (χ2v) is 5.25. The van der Waals surface area contributed by atoms with E-state index >= 15 is 0 Å². The Balaban J connectivity index is 2.37. The monoisotopic (exact) mass is 318 g/mol. The van der Waals surface area contributed by atoms with Gasteiger partial charge >= 0.3 is 0 Å². The lowest BCUT2D eigenvalue weighted by atomic mass is 10.1. The summed E-state index contributed by atoms with van der Waals surface area (Å²) in [6.45, 7) is 2.85. The minimum absolute atomic E-state index is 0.0970. The zero-order chi connectivity index (χ0) is 16.7. The number of carbonyl (C=O) groups excluding carboxylic acids is 1. The van der Waals surface area contributed by atoms with Gasteiger partial charge in [0.05, 0.1) is 12.1 Å². The summed E-state index contributed by atoms with van der Waals surface area (Å²) < 4.78 is 10.6. The number of unbranched alkanes of at least 4 members (excludes halogenated alkanes) is 3. The molecule has 0 aliphatic heterocycles. The smallest absolute Gasteiger partial charge is 0.298 e. The summed E-state index contributed by atoms with van der Waals surface area (Å²) in [6.07, 6.45) is 4.23. The number of ether oxygens (including phenoxy) is 2. The Bertz CT molecular complexity index is 724. The van der Waals surface area contributed by atoms with Gasteiger partial charge in [0.2, 0.25) is 5.75 Å². The summed E-state index contributed by atoms with van der Waals surface area (Å²) in [5.74, 6) is 0.218. The molecule has 23 heavy (non-hydrogen) atoms. The lowest BCUT2D eigenvalue weighted by Gasteiger charge is -2.13. The van der Waals surface area contributed by atoms with Crippen LogP contribution in [0.1, 0.15) is 32.6 Å². The normalized spacial score (nSPS) is 10.5. The van der Waals surface area contributed by atoms with Crippen LogP contribution in [0, 0.1) is 0 Å². The summed E-state index contributed by atoms with van der Waals surface area (Å²) >= 11 is 0. The second-order valence-electron chi connectivity index (χ2n) is 5.25. The summed E-state index contributed by atoms with van der Waals surface area (Å²) in [5, 5.41) is 3.72. The van der Waals surface area contributed by atoms with E-state index in [9.17, 15) is 9.59 Å². The Hall–Kier alpha value is -2.50. The van der Waals surface area contributed by atoms with Crippen molar-refractivity contribution in [2.24, 2.45) is 0 Å². The van der Waals surface area contributed by atoms with Crippen molar-refractivity contribution in [1.82, 2.24) is 4.98 Å². The third-order valence-corrected chi connectivity index (χ3v) is 3.62. The molecule has 0 saturated heterocycles. The highest BCUT2D eigenvalue weighted by atomic mass is 16.5. The molecule has 0 aliphatic carbocycles. The fourth-order valence-corrected chi connectivity index (χ4v) is 2.41. The van der Waals surface area contributed by atoms with E-state index in [0.717, 1.165) is 31.4 Å². The number of aromatic amines is 1. The lowest BCUT2D eigenvalue weighted by Crippen LogP contribution is -2.13. The second kappa shape index (κ2) is 8.22. The molecule has 0 unspecified atom stereocenters. The summed E-state index contributed by atoms with van der Waals surface area (Å²) in [6, 6.07) is 5.51. The first kappa shape index (κ1) is 16.9. The van der Waals surface area contributed by atoms with Crippen molar-refractivity contribution in [2.75, 3.05) is 19.0 Å². The van der Waals surface area contributed by atoms with Crippen LogP contribution in [-0.4, -0.2) is 25.1 Å². The number of H-pyrrole nitrogens is 1. The van der Waals surface area contributed by atoms with E-state index in [1.807, 2.05) is 18.2 Å². The highest BCUT2D eigenvalue weighted by molar-refractivity contribution is 5.90. The van der Waals surface area contributed by atoms with Crippen molar-refractivity contribution in [1.29, 1.82) is 0 Å². The van der Waals surface area contributed by atoms with Crippen LogP contribution in [-0.2, 0) is 4.79 Å². The molecule has 0 amide bonds. The quantitative estimate of drug-likeness (QED) is 0.548. The Labute approximate surface area is 134 Å². The minimum atomic E-state index is -0.485. The van der Waals surface area contributed by atoms with E-state index in [0.29, 0.717) is 23.3 Å². The van der Waals surface area contributed by atoms with Crippen molar-refractivity contribution in [3.8, 4) is 11.5 Å². The average Bonchev–Trinajstić information content (AvgIpc) is 2.56. The molecule has 0 saturated carbocycles. The number of carbonyl (C=O) groups is 1. The van der Waals surface area contributed by atoms with Gasteiger partial charge in [-0.05, 0) is 24.6 Å². The summed E-state index contributed by atoms with van der Waals surface area (Å²) in [5.41, 5.74) is 1.01. The Morgan fingerprint density at radius 1 is 1.22 bits per heavy atom. The van der Waals surface area contributed by atoms with E-state index < -0.39 is 5.56 Å². The zero-order valence-electron chi connectivity index (χ0n) is 13.5. The van der Waals surface area contributed by atoms with Crippen LogP contribution in [0.2, 0.25) is 0 Å². The molecule has 0 fully saturated rings. The third kappa shape index (κ3) is 4.03. The summed E-state index contributed by atoms with van der Waals surface area (Å²) in [4.78, 5) is 25.5. The number of hydrogen-bond acceptors (Lipinski definition) is 5. The Kier molecular flexibility index (Phi) is 6.02. The van der Waals surface area contributed by atoms with Gasteiger partial charge in [-0.15, -0.1) is 0 Å². The number of anilines is 1. The van der Waals surface area contributed by atoms with E-state index in [4.69, 9.17) is 9.47 Å². The van der Waals surface area contributed by atoms with Gasteiger partial charge in [0.15, 0.2) is 5.75 Å². The maximum absolute atomic E-state index is 12.1. The van der Waals surface area contributed by atoms with Crippen LogP contribution < -0.4 is 20.3 Å². The molecule has 0 bridgehead atoms. The minimum Gasteiger partial charge on any atom is -0.489 e. The predicted octanol–water partition coefficient (Wildman–Crippen LogP) is 3.06. The Morgan fingerprint density at radius 2 is 2.04 bits per heavy atom. The van der Waals surface area contributed by atoms with Crippen molar-refractivity contribution in [2.45, 2.75) is 32.6 Å². The van der Waals surface area contributed by atoms with Crippen molar-refractivity contribution < 1.29 is 14.3 Å². The van der Waals surface area contributed by atoms with Crippen molar-refractivity contribution in [3.05, 3.63) is 28.6 Å². The van der Waals surface area contributed by atoms with Crippen molar-refractivity contribution in [3.63, 3.8) is 0 Å². The van der Waals surface area contributed by atoms with E-state index in [1.165, 1.54) is 0 Å². The number of rotatable bonds is 9. The van der Waals surface area contributed by atoms with Crippen LogP contribution in [0.25, 0.3) is 10.9 Å². The highest BCUT2D eigenvalue weighted by Gasteiger charge is 2.16. The molecule has 2 N–H and O–H groups in total. The first-order valence-corrected chi connectivity index (χ1v) is 7.82. The van der Waals surface area contributed by atoms with Crippen LogP contribution in [0.4, 0.5) is 5.69 Å². The number of pyridine rings is 1. The lowest BCUT2D eigenvalue weighted by molar-refractivity contribution is -0.120. The molecule has 0 atom stereocenters. The van der Waals surface area contributed by atoms with Gasteiger partial charge in [0.25, 0.3) is 12.0 Å². The molecule has 0 spiro atoms. The predicted molar refractivity (Wildman–Crippen MR) is 90.4 cm³/mol. The van der Waals surface area contributed by atoms with Crippen LogP contribution >= 0.6 is 0 Å². The molecule has 124 valence electrons. The standard InChI is InChI=1S/C17H22N2O4/c1-3-4-5-6-9-22-15-13-8-7-12(18-2)10-14(13)19-17(21)16(15)23-11-20/h7-8,10-11,18H,3-6,9H2,1-2H3,(H,19,21). The van der Waals surface area contributed by atoms with Gasteiger partial charge < -0.3 is 19.8 Å². The maximum atomic E-state index is 12.1. The average molecular weight is 318 g/mol.